The number of hydrogen-bond donors (Lipinski definition) is 2. The minimum Gasteiger partial charge on any atom is -0.399 e. The van der Waals surface area contributed by atoms with Gasteiger partial charge in [0.1, 0.15) is 16.8 Å². The summed E-state index contributed by atoms with van der Waals surface area (Å²) in [6.45, 7) is 0. The maximum atomic E-state index is 12.7. The largest absolute Gasteiger partial charge is 0.399 e. The molecule has 5 heteroatoms. The third-order valence-corrected chi connectivity index (χ3v) is 1.70. The van der Waals surface area contributed by atoms with Gasteiger partial charge in [0.2, 0.25) is 0 Å². The fourth-order valence-corrected chi connectivity index (χ4v) is 1.29. The van der Waals surface area contributed by atoms with E-state index in [1.807, 2.05) is 0 Å². The maximum absolute atomic E-state index is 12.7. The number of nitrogens with one attached hydrogen (secondary N) is 1. The molecule has 3 nitrogen and oxygen atoms in total. The van der Waals surface area contributed by atoms with E-state index in [0.29, 0.717) is 11.4 Å². The molecule has 0 heterocycles. The SMILES string of the molecule is CS(=O)Nc1cc(N)cc(F)c1. The lowest BCUT2D eigenvalue weighted by atomic mass is 10.3. The van der Waals surface area contributed by atoms with E-state index in [0.717, 1.165) is 0 Å². The van der Waals surface area contributed by atoms with Crippen LogP contribution in [-0.2, 0) is 11.0 Å². The molecule has 0 saturated carbocycles. The van der Waals surface area contributed by atoms with Gasteiger partial charge in [-0.15, -0.1) is 0 Å². The Hall–Kier alpha value is -1.10. The lowest BCUT2D eigenvalue weighted by molar-refractivity contribution is 0.629. The number of rotatable bonds is 2. The molecular weight excluding hydrogens is 179 g/mol. The summed E-state index contributed by atoms with van der Waals surface area (Å²) in [5, 5.41) is 0. The minimum absolute atomic E-state index is 0.308. The molecule has 3 N–H and O–H groups in total. The Morgan fingerprint density at radius 2 is 2.17 bits per heavy atom. The normalized spacial score (nSPS) is 12.5. The van der Waals surface area contributed by atoms with Gasteiger partial charge in [0, 0.05) is 11.9 Å². The fourth-order valence-electron chi connectivity index (χ4n) is 0.837. The van der Waals surface area contributed by atoms with Crippen molar-refractivity contribution in [2.45, 2.75) is 0 Å². The summed E-state index contributed by atoms with van der Waals surface area (Å²) in [5.74, 6) is -0.442. The van der Waals surface area contributed by atoms with Gasteiger partial charge in [-0.05, 0) is 18.2 Å². The quantitative estimate of drug-likeness (QED) is 0.683. The van der Waals surface area contributed by atoms with E-state index in [1.54, 1.807) is 0 Å². The third kappa shape index (κ3) is 2.50. The second-order valence-corrected chi connectivity index (χ2v) is 3.44. The van der Waals surface area contributed by atoms with Gasteiger partial charge in [-0.3, -0.25) is 0 Å². The lowest BCUT2D eigenvalue weighted by Crippen LogP contribution is -2.02. The van der Waals surface area contributed by atoms with Crippen LogP contribution in [0.25, 0.3) is 0 Å². The lowest BCUT2D eigenvalue weighted by Gasteiger charge is -2.02. The predicted molar refractivity (Wildman–Crippen MR) is 48.5 cm³/mol. The molecule has 0 aliphatic carbocycles. The molecule has 0 aliphatic heterocycles. The fraction of sp³-hybridized carbons (Fsp3) is 0.143. The van der Waals surface area contributed by atoms with Gasteiger partial charge in [0.05, 0.1) is 5.69 Å². The van der Waals surface area contributed by atoms with Crippen LogP contribution in [-0.4, -0.2) is 10.5 Å². The highest BCUT2D eigenvalue weighted by Gasteiger charge is 1.98. The van der Waals surface area contributed by atoms with Gasteiger partial charge in [-0.2, -0.15) is 0 Å². The zero-order valence-corrected chi connectivity index (χ0v) is 7.32. The molecular formula is C7H9FN2OS. The van der Waals surface area contributed by atoms with E-state index < -0.39 is 16.8 Å². The standard InChI is InChI=1S/C7H9FN2OS/c1-12(11)10-7-3-5(8)2-6(9)4-7/h2-4,10H,9H2,1H3. The number of anilines is 2. The summed E-state index contributed by atoms with van der Waals surface area (Å²) in [7, 11) is -1.21. The van der Waals surface area contributed by atoms with Crippen molar-refractivity contribution in [3.63, 3.8) is 0 Å². The monoisotopic (exact) mass is 188 g/mol. The summed E-state index contributed by atoms with van der Waals surface area (Å²) in [4.78, 5) is 0. The number of benzene rings is 1. The molecule has 0 fully saturated rings. The summed E-state index contributed by atoms with van der Waals surface area (Å²) >= 11 is 0. The van der Waals surface area contributed by atoms with E-state index in [9.17, 15) is 8.60 Å². The zero-order chi connectivity index (χ0) is 9.14. The van der Waals surface area contributed by atoms with Crippen LogP contribution in [0.4, 0.5) is 15.8 Å². The Balaban J connectivity index is 2.93. The van der Waals surface area contributed by atoms with Crippen LogP contribution < -0.4 is 10.5 Å². The van der Waals surface area contributed by atoms with E-state index in [-0.39, 0.29) is 0 Å². The molecule has 0 aromatic heterocycles. The number of nitrogens with two attached hydrogens (primary N) is 1. The highest BCUT2D eigenvalue weighted by atomic mass is 32.2. The minimum atomic E-state index is -1.21. The van der Waals surface area contributed by atoms with E-state index >= 15 is 0 Å². The Labute approximate surface area is 72.4 Å². The van der Waals surface area contributed by atoms with Crippen molar-refractivity contribution < 1.29 is 8.60 Å². The smallest absolute Gasteiger partial charge is 0.127 e. The molecule has 1 unspecified atom stereocenters. The molecule has 1 aromatic rings. The van der Waals surface area contributed by atoms with Crippen molar-refractivity contribution >= 4 is 22.4 Å². The van der Waals surface area contributed by atoms with Crippen LogP contribution in [0.2, 0.25) is 0 Å². The molecule has 1 atom stereocenters. The van der Waals surface area contributed by atoms with Gasteiger partial charge in [-0.25, -0.2) is 8.60 Å². The molecule has 0 bridgehead atoms. The van der Waals surface area contributed by atoms with E-state index in [4.69, 9.17) is 5.73 Å². The predicted octanol–water partition coefficient (Wildman–Crippen LogP) is 1.11. The van der Waals surface area contributed by atoms with Gasteiger partial charge in [0.15, 0.2) is 0 Å². The zero-order valence-electron chi connectivity index (χ0n) is 6.50. The number of halogens is 1. The average molecular weight is 188 g/mol. The van der Waals surface area contributed by atoms with Gasteiger partial charge in [0.25, 0.3) is 0 Å². The summed E-state index contributed by atoms with van der Waals surface area (Å²) in [6, 6.07) is 3.95. The topological polar surface area (TPSA) is 55.1 Å². The first-order valence-electron chi connectivity index (χ1n) is 3.24. The van der Waals surface area contributed by atoms with Crippen LogP contribution >= 0.6 is 0 Å². The van der Waals surface area contributed by atoms with Crippen molar-refractivity contribution in [1.29, 1.82) is 0 Å². The van der Waals surface area contributed by atoms with Crippen LogP contribution in [0, 0.1) is 5.82 Å². The van der Waals surface area contributed by atoms with Crippen molar-refractivity contribution in [1.82, 2.24) is 0 Å². The first-order valence-corrected chi connectivity index (χ1v) is 4.80. The highest BCUT2D eigenvalue weighted by Crippen LogP contribution is 2.15. The molecule has 0 amide bonds. The third-order valence-electron chi connectivity index (χ3n) is 1.18. The molecule has 0 radical (unpaired) electrons. The van der Waals surface area contributed by atoms with Crippen LogP contribution in [0.1, 0.15) is 0 Å². The first-order chi connectivity index (χ1) is 5.58. The van der Waals surface area contributed by atoms with Crippen molar-refractivity contribution in [2.24, 2.45) is 0 Å². The second kappa shape index (κ2) is 3.53. The van der Waals surface area contributed by atoms with Crippen molar-refractivity contribution in [3.8, 4) is 0 Å². The Morgan fingerprint density at radius 3 is 2.67 bits per heavy atom. The second-order valence-electron chi connectivity index (χ2n) is 2.33. The Kier molecular flexibility index (Phi) is 2.65. The summed E-state index contributed by atoms with van der Waals surface area (Å²) in [6.07, 6.45) is 1.46. The van der Waals surface area contributed by atoms with Crippen molar-refractivity contribution in [2.75, 3.05) is 16.7 Å². The number of nitrogen functional groups attached to an aromatic ring is 1. The molecule has 1 rings (SSSR count). The molecule has 1 aromatic carbocycles. The molecule has 0 aliphatic rings. The average Bonchev–Trinajstić information content (AvgIpc) is 1.81. The first kappa shape index (κ1) is 8.99. The van der Waals surface area contributed by atoms with Gasteiger partial charge in [-0.1, -0.05) is 0 Å². The van der Waals surface area contributed by atoms with Gasteiger partial charge < -0.3 is 10.5 Å². The molecule has 0 spiro atoms. The van der Waals surface area contributed by atoms with Crippen LogP contribution in [0.15, 0.2) is 18.2 Å². The molecule has 12 heavy (non-hydrogen) atoms. The van der Waals surface area contributed by atoms with Crippen LogP contribution in [0.3, 0.4) is 0 Å². The van der Waals surface area contributed by atoms with Crippen molar-refractivity contribution in [3.05, 3.63) is 24.0 Å². The highest BCUT2D eigenvalue weighted by molar-refractivity contribution is 7.85. The van der Waals surface area contributed by atoms with Gasteiger partial charge >= 0.3 is 0 Å². The molecule has 66 valence electrons. The van der Waals surface area contributed by atoms with E-state index in [2.05, 4.69) is 4.72 Å². The summed E-state index contributed by atoms with van der Waals surface area (Å²) in [5.41, 5.74) is 6.09. The Morgan fingerprint density at radius 1 is 1.50 bits per heavy atom. The van der Waals surface area contributed by atoms with E-state index in [1.165, 1.54) is 24.5 Å². The Bertz CT molecular complexity index is 296. The number of hydrogen-bond acceptors (Lipinski definition) is 2. The maximum Gasteiger partial charge on any atom is 0.127 e. The molecule has 0 saturated heterocycles. The van der Waals surface area contributed by atoms with Crippen LogP contribution in [0.5, 0.6) is 0 Å². The summed E-state index contributed by atoms with van der Waals surface area (Å²) < 4.78 is 25.9.